The molecule has 0 radical (unpaired) electrons. The van der Waals surface area contributed by atoms with Crippen molar-refractivity contribution < 1.29 is 19.1 Å². The van der Waals surface area contributed by atoms with Crippen molar-refractivity contribution in [3.8, 4) is 5.69 Å². The average Bonchev–Trinajstić information content (AvgIpc) is 3.11. The minimum absolute atomic E-state index is 0.0227. The van der Waals surface area contributed by atoms with Gasteiger partial charge in [-0.1, -0.05) is 0 Å². The highest BCUT2D eigenvalue weighted by molar-refractivity contribution is 5.90. The molecule has 1 aromatic heterocycles. The smallest absolute Gasteiger partial charge is 0.321 e. The third-order valence-electron chi connectivity index (χ3n) is 3.86. The summed E-state index contributed by atoms with van der Waals surface area (Å²) >= 11 is 0. The molecule has 9 nitrogen and oxygen atoms in total. The fourth-order valence-electron chi connectivity index (χ4n) is 2.59. The molecule has 2 aromatic rings. The van der Waals surface area contributed by atoms with E-state index in [-0.39, 0.29) is 12.2 Å². The maximum atomic E-state index is 14.0. The number of likely N-dealkylation sites (tertiary alicyclic amines) is 1. The molecule has 1 aliphatic heterocycles. The first-order valence-electron chi connectivity index (χ1n) is 7.36. The molecule has 1 fully saturated rings. The molecule has 10 heteroatoms. The number of anilines is 1. The van der Waals surface area contributed by atoms with Crippen molar-refractivity contribution in [1.82, 2.24) is 25.1 Å². The molecular formula is C14H15FN6O3. The zero-order valence-corrected chi connectivity index (χ0v) is 12.6. The monoisotopic (exact) mass is 334 g/mol. The fraction of sp³-hybridized carbons (Fsp3) is 0.357. The molecule has 24 heavy (non-hydrogen) atoms. The van der Waals surface area contributed by atoms with E-state index in [1.165, 1.54) is 34.1 Å². The molecule has 0 bridgehead atoms. The molecule has 1 unspecified atom stereocenters. The molecule has 2 amide bonds. The van der Waals surface area contributed by atoms with Gasteiger partial charge in [0.25, 0.3) is 0 Å². The van der Waals surface area contributed by atoms with Crippen molar-refractivity contribution in [1.29, 1.82) is 0 Å². The van der Waals surface area contributed by atoms with Crippen molar-refractivity contribution >= 4 is 17.7 Å². The number of hydrogen-bond donors (Lipinski definition) is 2. The number of halogens is 1. The summed E-state index contributed by atoms with van der Waals surface area (Å²) < 4.78 is 15.3. The number of carbonyl (C=O) groups is 2. The second kappa shape index (κ2) is 6.60. The van der Waals surface area contributed by atoms with Crippen molar-refractivity contribution in [3.05, 3.63) is 30.3 Å². The number of aliphatic carboxylic acids is 1. The van der Waals surface area contributed by atoms with E-state index in [4.69, 9.17) is 5.11 Å². The summed E-state index contributed by atoms with van der Waals surface area (Å²) in [5.41, 5.74) is 0.462. The maximum absolute atomic E-state index is 14.0. The maximum Gasteiger partial charge on any atom is 0.321 e. The zero-order chi connectivity index (χ0) is 17.1. The predicted octanol–water partition coefficient (Wildman–Crippen LogP) is 1.13. The number of carbonyl (C=O) groups excluding carboxylic acids is 1. The molecular weight excluding hydrogens is 319 g/mol. The van der Waals surface area contributed by atoms with Gasteiger partial charge in [-0.05, 0) is 41.5 Å². The van der Waals surface area contributed by atoms with Crippen molar-refractivity contribution in [3.63, 3.8) is 0 Å². The van der Waals surface area contributed by atoms with Gasteiger partial charge in [0.15, 0.2) is 0 Å². The first kappa shape index (κ1) is 15.8. The van der Waals surface area contributed by atoms with Gasteiger partial charge in [0.1, 0.15) is 12.1 Å². The van der Waals surface area contributed by atoms with Gasteiger partial charge in [-0.15, -0.1) is 5.10 Å². The normalized spacial score (nSPS) is 17.5. The summed E-state index contributed by atoms with van der Waals surface area (Å²) in [4.78, 5) is 24.7. The number of rotatable bonds is 3. The van der Waals surface area contributed by atoms with E-state index in [1.54, 1.807) is 0 Å². The largest absolute Gasteiger partial charge is 0.481 e. The van der Waals surface area contributed by atoms with E-state index in [2.05, 4.69) is 20.8 Å². The van der Waals surface area contributed by atoms with Crippen LogP contribution in [0.4, 0.5) is 14.9 Å². The number of benzene rings is 1. The summed E-state index contributed by atoms with van der Waals surface area (Å²) in [5, 5.41) is 22.2. The SMILES string of the molecule is O=C(O)C1CCCN(C(=O)Nc2cc(-n3cnnn3)ccc2F)C1. The standard InChI is InChI=1S/C14H15FN6O3/c15-11-4-3-10(21-8-16-18-19-21)6-12(11)17-14(24)20-5-1-2-9(7-20)13(22)23/h3-4,6,8-9H,1-2,5,7H2,(H,17,24)(H,22,23). The number of amides is 2. The summed E-state index contributed by atoms with van der Waals surface area (Å²) in [6, 6.07) is 3.54. The van der Waals surface area contributed by atoms with Crippen LogP contribution in [0.5, 0.6) is 0 Å². The summed E-state index contributed by atoms with van der Waals surface area (Å²) in [6.07, 6.45) is 2.47. The Morgan fingerprint density at radius 1 is 1.38 bits per heavy atom. The van der Waals surface area contributed by atoms with Gasteiger partial charge in [-0.3, -0.25) is 4.79 Å². The van der Waals surface area contributed by atoms with Gasteiger partial charge < -0.3 is 15.3 Å². The molecule has 0 spiro atoms. The van der Waals surface area contributed by atoms with E-state index in [0.717, 1.165) is 0 Å². The second-order valence-electron chi connectivity index (χ2n) is 5.47. The number of tetrazole rings is 1. The molecule has 0 saturated carbocycles. The Bertz CT molecular complexity index is 751. The van der Waals surface area contributed by atoms with Crippen LogP contribution in [0.15, 0.2) is 24.5 Å². The van der Waals surface area contributed by atoms with E-state index in [1.807, 2.05) is 0 Å². The van der Waals surface area contributed by atoms with Crippen molar-refractivity contribution in [2.24, 2.45) is 5.92 Å². The summed E-state index contributed by atoms with van der Waals surface area (Å²) in [6.45, 7) is 0.541. The Kier molecular flexibility index (Phi) is 4.36. The highest BCUT2D eigenvalue weighted by Gasteiger charge is 2.28. The summed E-state index contributed by atoms with van der Waals surface area (Å²) in [7, 11) is 0. The van der Waals surface area contributed by atoms with Crippen molar-refractivity contribution in [2.75, 3.05) is 18.4 Å². The molecule has 1 saturated heterocycles. The van der Waals surface area contributed by atoms with Crippen LogP contribution in [0, 0.1) is 11.7 Å². The Morgan fingerprint density at radius 2 is 2.21 bits per heavy atom. The van der Waals surface area contributed by atoms with Crippen LogP contribution in [-0.2, 0) is 4.79 Å². The predicted molar refractivity (Wildman–Crippen MR) is 80.1 cm³/mol. The molecule has 2 N–H and O–H groups in total. The number of aromatic nitrogens is 4. The number of nitrogens with zero attached hydrogens (tertiary/aromatic N) is 5. The van der Waals surface area contributed by atoms with Crippen LogP contribution in [-0.4, -0.2) is 55.3 Å². The molecule has 1 aromatic carbocycles. The number of nitrogens with one attached hydrogen (secondary N) is 1. The molecule has 1 atom stereocenters. The van der Waals surface area contributed by atoms with Crippen LogP contribution in [0.3, 0.4) is 0 Å². The first-order chi connectivity index (χ1) is 11.5. The third-order valence-corrected chi connectivity index (χ3v) is 3.86. The topological polar surface area (TPSA) is 113 Å². The van der Waals surface area contributed by atoms with E-state index < -0.39 is 23.7 Å². The molecule has 126 valence electrons. The first-order valence-corrected chi connectivity index (χ1v) is 7.36. The van der Waals surface area contributed by atoms with Crippen LogP contribution < -0.4 is 5.32 Å². The van der Waals surface area contributed by atoms with Crippen LogP contribution in [0.1, 0.15) is 12.8 Å². The Hall–Kier alpha value is -3.04. The van der Waals surface area contributed by atoms with Crippen LogP contribution in [0.25, 0.3) is 5.69 Å². The lowest BCUT2D eigenvalue weighted by Crippen LogP contribution is -2.44. The Labute approximate surface area is 136 Å². The van der Waals surface area contributed by atoms with Crippen LogP contribution in [0.2, 0.25) is 0 Å². The molecule has 2 heterocycles. The molecule has 0 aliphatic carbocycles. The zero-order valence-electron chi connectivity index (χ0n) is 12.6. The number of carboxylic acid groups (broad SMARTS) is 1. The van der Waals surface area contributed by atoms with Gasteiger partial charge >= 0.3 is 12.0 Å². The fourth-order valence-corrected chi connectivity index (χ4v) is 2.59. The lowest BCUT2D eigenvalue weighted by atomic mass is 9.99. The average molecular weight is 334 g/mol. The second-order valence-corrected chi connectivity index (χ2v) is 5.47. The highest BCUT2D eigenvalue weighted by atomic mass is 19.1. The lowest BCUT2D eigenvalue weighted by molar-refractivity contribution is -0.143. The number of urea groups is 1. The quantitative estimate of drug-likeness (QED) is 0.870. The van der Waals surface area contributed by atoms with Gasteiger partial charge in [0.05, 0.1) is 17.3 Å². The van der Waals surface area contributed by atoms with E-state index >= 15 is 0 Å². The van der Waals surface area contributed by atoms with Gasteiger partial charge in [-0.2, -0.15) is 0 Å². The summed E-state index contributed by atoms with van der Waals surface area (Å²) in [5.74, 6) is -2.13. The highest BCUT2D eigenvalue weighted by Crippen LogP contribution is 2.21. The molecule has 1 aliphatic rings. The van der Waals surface area contributed by atoms with Gasteiger partial charge in [0.2, 0.25) is 0 Å². The third kappa shape index (κ3) is 3.31. The molecule has 3 rings (SSSR count). The van der Waals surface area contributed by atoms with Crippen molar-refractivity contribution in [2.45, 2.75) is 12.8 Å². The Balaban J connectivity index is 1.74. The Morgan fingerprint density at radius 3 is 2.92 bits per heavy atom. The van der Waals surface area contributed by atoms with Gasteiger partial charge in [-0.25, -0.2) is 13.9 Å². The number of hydrogen-bond acceptors (Lipinski definition) is 5. The van der Waals surface area contributed by atoms with Crippen LogP contribution >= 0.6 is 0 Å². The van der Waals surface area contributed by atoms with E-state index in [0.29, 0.717) is 25.1 Å². The van der Waals surface area contributed by atoms with E-state index in [9.17, 15) is 14.0 Å². The lowest BCUT2D eigenvalue weighted by Gasteiger charge is -2.30. The minimum Gasteiger partial charge on any atom is -0.481 e. The number of piperidine rings is 1. The number of carboxylic acids is 1. The minimum atomic E-state index is -0.931. The van der Waals surface area contributed by atoms with Gasteiger partial charge in [0, 0.05) is 13.1 Å².